The maximum atomic E-state index is 11.8. The number of piperazine rings is 1. The van der Waals surface area contributed by atoms with Gasteiger partial charge in [0.2, 0.25) is 0 Å². The summed E-state index contributed by atoms with van der Waals surface area (Å²) in [7, 11) is 0. The summed E-state index contributed by atoms with van der Waals surface area (Å²) in [6, 6.07) is 6.60. The van der Waals surface area contributed by atoms with Gasteiger partial charge >= 0.3 is 6.09 Å². The Morgan fingerprint density at radius 3 is 2.50 bits per heavy atom. The van der Waals surface area contributed by atoms with E-state index in [0.29, 0.717) is 50.9 Å². The van der Waals surface area contributed by atoms with Crippen molar-refractivity contribution in [3.05, 3.63) is 39.9 Å². The van der Waals surface area contributed by atoms with Crippen molar-refractivity contribution in [3.63, 3.8) is 0 Å². The van der Waals surface area contributed by atoms with E-state index < -0.39 is 4.92 Å². The number of ether oxygens (including phenoxy) is 1. The number of hydrogen-bond acceptors (Lipinski definition) is 5. The molecule has 1 aromatic carbocycles. The van der Waals surface area contributed by atoms with Gasteiger partial charge in [-0.2, -0.15) is 0 Å². The third-order valence-electron chi connectivity index (χ3n) is 4.03. The number of rotatable bonds is 5. The summed E-state index contributed by atoms with van der Waals surface area (Å²) >= 11 is 0. The fourth-order valence-corrected chi connectivity index (χ4v) is 2.72. The molecule has 0 aliphatic carbocycles. The highest BCUT2D eigenvalue weighted by molar-refractivity contribution is 5.80. The standard InChI is InChI=1S/C17H25N5O4/c1-3-18-16(19-13-14-7-5-6-8-15(14)22(24)25)20-9-11-21(12-10-20)17(23)26-4-2/h5-8H,3-4,9-13H2,1-2H3,(H,18,19). The van der Waals surface area contributed by atoms with E-state index in [-0.39, 0.29) is 18.3 Å². The Morgan fingerprint density at radius 2 is 1.88 bits per heavy atom. The lowest BCUT2D eigenvalue weighted by molar-refractivity contribution is -0.385. The molecular formula is C17H25N5O4. The van der Waals surface area contributed by atoms with Crippen LogP contribution in [0.1, 0.15) is 19.4 Å². The van der Waals surface area contributed by atoms with Crippen LogP contribution in [0.25, 0.3) is 0 Å². The zero-order valence-electron chi connectivity index (χ0n) is 15.2. The quantitative estimate of drug-likeness (QED) is 0.371. The molecule has 1 aliphatic rings. The van der Waals surface area contributed by atoms with Crippen molar-refractivity contribution < 1.29 is 14.5 Å². The minimum absolute atomic E-state index is 0.0687. The molecule has 0 radical (unpaired) electrons. The van der Waals surface area contributed by atoms with Crippen molar-refractivity contribution >= 4 is 17.7 Å². The summed E-state index contributed by atoms with van der Waals surface area (Å²) in [5.74, 6) is 0.689. The van der Waals surface area contributed by atoms with E-state index >= 15 is 0 Å². The molecule has 0 saturated carbocycles. The van der Waals surface area contributed by atoms with Crippen molar-refractivity contribution in [1.82, 2.24) is 15.1 Å². The van der Waals surface area contributed by atoms with Crippen molar-refractivity contribution in [2.24, 2.45) is 4.99 Å². The van der Waals surface area contributed by atoms with Crippen LogP contribution in [0.3, 0.4) is 0 Å². The first-order valence-electron chi connectivity index (χ1n) is 8.74. The number of nitro groups is 1. The summed E-state index contributed by atoms with van der Waals surface area (Å²) in [6.45, 7) is 7.37. The number of nitrogens with zero attached hydrogens (tertiary/aromatic N) is 4. The Morgan fingerprint density at radius 1 is 1.23 bits per heavy atom. The van der Waals surface area contributed by atoms with Gasteiger partial charge in [-0.1, -0.05) is 18.2 Å². The van der Waals surface area contributed by atoms with Crippen LogP contribution >= 0.6 is 0 Å². The molecule has 1 aromatic rings. The smallest absolute Gasteiger partial charge is 0.409 e. The topological polar surface area (TPSA) is 100 Å². The van der Waals surface area contributed by atoms with Gasteiger partial charge < -0.3 is 19.9 Å². The Hall–Kier alpha value is -2.84. The molecule has 0 bridgehead atoms. The highest BCUT2D eigenvalue weighted by atomic mass is 16.6. The average molecular weight is 363 g/mol. The van der Waals surface area contributed by atoms with E-state index in [4.69, 9.17) is 4.74 Å². The van der Waals surface area contributed by atoms with Crippen molar-refractivity contribution in [1.29, 1.82) is 0 Å². The minimum Gasteiger partial charge on any atom is -0.450 e. The van der Waals surface area contributed by atoms with E-state index in [0.717, 1.165) is 0 Å². The molecule has 0 unspecified atom stereocenters. The van der Waals surface area contributed by atoms with Crippen LogP contribution in [0.5, 0.6) is 0 Å². The van der Waals surface area contributed by atoms with E-state index in [1.807, 2.05) is 11.8 Å². The lowest BCUT2D eigenvalue weighted by Crippen LogP contribution is -2.53. The van der Waals surface area contributed by atoms with Gasteiger partial charge in [0.05, 0.1) is 23.6 Å². The predicted molar refractivity (Wildman–Crippen MR) is 98.1 cm³/mol. The number of para-hydroxylation sites is 1. The number of nitrogens with one attached hydrogen (secondary N) is 1. The average Bonchev–Trinajstić information content (AvgIpc) is 2.65. The zero-order chi connectivity index (χ0) is 18.9. The van der Waals surface area contributed by atoms with E-state index in [1.165, 1.54) is 6.07 Å². The normalized spacial score (nSPS) is 14.9. The first-order chi connectivity index (χ1) is 12.6. The Kier molecular flexibility index (Phi) is 7.19. The van der Waals surface area contributed by atoms with Crippen LogP contribution < -0.4 is 5.32 Å². The summed E-state index contributed by atoms with van der Waals surface area (Å²) in [5.41, 5.74) is 0.636. The predicted octanol–water partition coefficient (Wildman–Crippen LogP) is 1.83. The van der Waals surface area contributed by atoms with Crippen LogP contribution in [0, 0.1) is 10.1 Å². The van der Waals surface area contributed by atoms with Gasteiger partial charge in [0.1, 0.15) is 0 Å². The number of carbonyl (C=O) groups excluding carboxylic acids is 1. The monoisotopic (exact) mass is 363 g/mol. The summed E-state index contributed by atoms with van der Waals surface area (Å²) in [5, 5.41) is 14.3. The van der Waals surface area contributed by atoms with Gasteiger partial charge in [0.15, 0.2) is 5.96 Å². The van der Waals surface area contributed by atoms with Crippen LogP contribution in [0.2, 0.25) is 0 Å². The van der Waals surface area contributed by atoms with Crippen LogP contribution in [-0.4, -0.2) is 66.1 Å². The second-order valence-corrected chi connectivity index (χ2v) is 5.73. The molecule has 142 valence electrons. The molecule has 1 fully saturated rings. The molecule has 9 heteroatoms. The van der Waals surface area contributed by atoms with E-state index in [1.54, 1.807) is 30.0 Å². The van der Waals surface area contributed by atoms with Gasteiger partial charge in [0, 0.05) is 38.8 Å². The first-order valence-corrected chi connectivity index (χ1v) is 8.74. The number of aliphatic imine (C=N–C) groups is 1. The van der Waals surface area contributed by atoms with E-state index in [2.05, 4.69) is 10.3 Å². The van der Waals surface area contributed by atoms with E-state index in [9.17, 15) is 14.9 Å². The molecule has 26 heavy (non-hydrogen) atoms. The molecule has 1 aliphatic heterocycles. The van der Waals surface area contributed by atoms with Crippen molar-refractivity contribution in [2.75, 3.05) is 39.3 Å². The summed E-state index contributed by atoms with van der Waals surface area (Å²) in [4.78, 5) is 30.8. The number of carbonyl (C=O) groups is 1. The molecule has 0 atom stereocenters. The second-order valence-electron chi connectivity index (χ2n) is 5.73. The zero-order valence-corrected chi connectivity index (χ0v) is 15.2. The maximum Gasteiger partial charge on any atom is 0.409 e. The largest absolute Gasteiger partial charge is 0.450 e. The SMILES string of the molecule is CCNC(=NCc1ccccc1[N+](=O)[O-])N1CCN(C(=O)OCC)CC1. The summed E-state index contributed by atoms with van der Waals surface area (Å²) < 4.78 is 5.02. The van der Waals surface area contributed by atoms with Crippen LogP contribution in [-0.2, 0) is 11.3 Å². The van der Waals surface area contributed by atoms with Crippen LogP contribution in [0.4, 0.5) is 10.5 Å². The van der Waals surface area contributed by atoms with Gasteiger partial charge in [-0.15, -0.1) is 0 Å². The number of guanidine groups is 1. The highest BCUT2D eigenvalue weighted by Gasteiger charge is 2.24. The third kappa shape index (κ3) is 5.08. The molecule has 1 saturated heterocycles. The fourth-order valence-electron chi connectivity index (χ4n) is 2.72. The molecule has 0 spiro atoms. The Labute approximate surface area is 152 Å². The molecule has 1 amide bonds. The van der Waals surface area contributed by atoms with Gasteiger partial charge in [-0.3, -0.25) is 10.1 Å². The Balaban J connectivity index is 2.04. The summed E-state index contributed by atoms with van der Waals surface area (Å²) in [6.07, 6.45) is -0.297. The molecule has 1 heterocycles. The highest BCUT2D eigenvalue weighted by Crippen LogP contribution is 2.18. The molecular weight excluding hydrogens is 338 g/mol. The first kappa shape index (κ1) is 19.5. The number of hydrogen-bond donors (Lipinski definition) is 1. The number of benzene rings is 1. The van der Waals surface area contributed by atoms with Crippen molar-refractivity contribution in [2.45, 2.75) is 20.4 Å². The maximum absolute atomic E-state index is 11.8. The molecule has 9 nitrogen and oxygen atoms in total. The van der Waals surface area contributed by atoms with Gasteiger partial charge in [-0.05, 0) is 13.8 Å². The molecule has 0 aromatic heterocycles. The van der Waals surface area contributed by atoms with Crippen LogP contribution in [0.15, 0.2) is 29.3 Å². The second kappa shape index (κ2) is 9.59. The van der Waals surface area contributed by atoms with Gasteiger partial charge in [0.25, 0.3) is 5.69 Å². The minimum atomic E-state index is -0.393. The molecule has 2 rings (SSSR count). The van der Waals surface area contributed by atoms with Gasteiger partial charge in [-0.25, -0.2) is 9.79 Å². The van der Waals surface area contributed by atoms with Crippen molar-refractivity contribution in [3.8, 4) is 0 Å². The third-order valence-corrected chi connectivity index (χ3v) is 4.03. The lowest BCUT2D eigenvalue weighted by atomic mass is 10.2. The fraction of sp³-hybridized carbons (Fsp3) is 0.529. The Bertz CT molecular complexity index is 656. The molecule has 1 N–H and O–H groups in total. The number of nitro benzene ring substituents is 1. The lowest BCUT2D eigenvalue weighted by Gasteiger charge is -2.35. The number of amides is 1.